The maximum atomic E-state index is 12.2. The van der Waals surface area contributed by atoms with Crippen molar-refractivity contribution in [1.82, 2.24) is 0 Å². The molecule has 2 aromatic rings. The van der Waals surface area contributed by atoms with Crippen LogP contribution in [0.4, 0.5) is 0 Å². The molecule has 1 atom stereocenters. The Hall–Kier alpha value is -2.05. The first kappa shape index (κ1) is 16.8. The molecule has 1 aliphatic rings. The van der Waals surface area contributed by atoms with Crippen molar-refractivity contribution < 1.29 is 22.1 Å². The van der Waals surface area contributed by atoms with Gasteiger partial charge < -0.3 is 9.47 Å². The number of hydrogen-bond acceptors (Lipinski definition) is 5. The number of fused-ring (bicyclic) bond motifs is 1. The van der Waals surface area contributed by atoms with Crippen LogP contribution in [0.25, 0.3) is 0 Å². The normalized spacial score (nSPS) is 16.9. The lowest BCUT2D eigenvalue weighted by atomic mass is 10.1. The van der Waals surface area contributed by atoms with Crippen LogP contribution in [0.1, 0.15) is 16.7 Å². The summed E-state index contributed by atoms with van der Waals surface area (Å²) in [6.07, 6.45) is -0.473. The summed E-state index contributed by atoms with van der Waals surface area (Å²) in [4.78, 5) is 0.136. The highest BCUT2D eigenvalue weighted by atomic mass is 32.2. The van der Waals surface area contributed by atoms with Gasteiger partial charge in [0.15, 0.2) is 17.6 Å². The van der Waals surface area contributed by atoms with Gasteiger partial charge in [0.2, 0.25) is 0 Å². The predicted molar refractivity (Wildman–Crippen MR) is 90.1 cm³/mol. The number of ether oxygens (including phenoxy) is 2. The molecule has 1 aliphatic heterocycles. The van der Waals surface area contributed by atoms with Gasteiger partial charge in [-0.05, 0) is 50.1 Å². The molecule has 6 heteroatoms. The van der Waals surface area contributed by atoms with Crippen LogP contribution in [-0.2, 0) is 14.3 Å². The first-order valence-corrected chi connectivity index (χ1v) is 9.13. The third-order valence-corrected chi connectivity index (χ3v) is 5.11. The van der Waals surface area contributed by atoms with Crippen LogP contribution in [0.2, 0.25) is 0 Å². The summed E-state index contributed by atoms with van der Waals surface area (Å²) >= 11 is 0. The summed E-state index contributed by atoms with van der Waals surface area (Å²) in [6, 6.07) is 10.4. The maximum absolute atomic E-state index is 12.2. The van der Waals surface area contributed by atoms with E-state index < -0.39 is 16.2 Å². The SMILES string of the molecule is Cc1ccc(S(=O)(=O)OCC2COc3c(C)cc(C)cc3O2)cc1. The molecule has 0 spiro atoms. The van der Waals surface area contributed by atoms with E-state index in [1.54, 1.807) is 12.1 Å². The minimum absolute atomic E-state index is 0.0946. The Bertz CT molecular complexity index is 840. The largest absolute Gasteiger partial charge is 0.485 e. The molecule has 2 aromatic carbocycles. The van der Waals surface area contributed by atoms with Crippen LogP contribution in [0.15, 0.2) is 41.3 Å². The molecule has 0 amide bonds. The van der Waals surface area contributed by atoms with Gasteiger partial charge in [0.05, 0.1) is 4.90 Å². The van der Waals surface area contributed by atoms with E-state index in [1.165, 1.54) is 12.1 Å². The molecule has 0 saturated carbocycles. The lowest BCUT2D eigenvalue weighted by molar-refractivity contribution is 0.0549. The van der Waals surface area contributed by atoms with Crippen LogP contribution >= 0.6 is 0 Å². The minimum Gasteiger partial charge on any atom is -0.485 e. The third kappa shape index (κ3) is 3.55. The van der Waals surface area contributed by atoms with Gasteiger partial charge in [0, 0.05) is 0 Å². The highest BCUT2D eigenvalue weighted by Gasteiger charge is 2.25. The van der Waals surface area contributed by atoms with Gasteiger partial charge in [0.25, 0.3) is 10.1 Å². The summed E-state index contributed by atoms with van der Waals surface area (Å²) in [5, 5.41) is 0. The molecule has 0 radical (unpaired) electrons. The predicted octanol–water partition coefficient (Wildman–Crippen LogP) is 3.16. The van der Waals surface area contributed by atoms with Gasteiger partial charge in [0.1, 0.15) is 13.2 Å². The number of benzene rings is 2. The summed E-state index contributed by atoms with van der Waals surface area (Å²) < 4.78 is 41.1. The first-order chi connectivity index (χ1) is 11.3. The van der Waals surface area contributed by atoms with Crippen molar-refractivity contribution >= 4 is 10.1 Å². The zero-order chi connectivity index (χ0) is 17.3. The molecule has 0 N–H and O–H groups in total. The molecule has 24 heavy (non-hydrogen) atoms. The maximum Gasteiger partial charge on any atom is 0.297 e. The molecule has 3 rings (SSSR count). The lowest BCUT2D eigenvalue weighted by Crippen LogP contribution is -2.34. The molecule has 128 valence electrons. The number of hydrogen-bond donors (Lipinski definition) is 0. The van der Waals surface area contributed by atoms with Gasteiger partial charge in [-0.1, -0.05) is 23.8 Å². The molecule has 1 heterocycles. The third-order valence-electron chi connectivity index (χ3n) is 3.81. The number of aryl methyl sites for hydroxylation is 3. The van der Waals surface area contributed by atoms with Crippen molar-refractivity contribution in [3.05, 3.63) is 53.1 Å². The Morgan fingerprint density at radius 3 is 2.50 bits per heavy atom. The van der Waals surface area contributed by atoms with E-state index in [4.69, 9.17) is 13.7 Å². The van der Waals surface area contributed by atoms with Crippen LogP contribution in [-0.4, -0.2) is 27.7 Å². The smallest absolute Gasteiger partial charge is 0.297 e. The summed E-state index contributed by atoms with van der Waals surface area (Å²) in [5.41, 5.74) is 3.04. The molecule has 0 aliphatic carbocycles. The van der Waals surface area contributed by atoms with Crippen molar-refractivity contribution in [2.45, 2.75) is 31.8 Å². The average molecular weight is 348 g/mol. The fraction of sp³-hybridized carbons (Fsp3) is 0.333. The van der Waals surface area contributed by atoms with Gasteiger partial charge in [-0.25, -0.2) is 0 Å². The van der Waals surface area contributed by atoms with Crippen LogP contribution in [0.5, 0.6) is 11.5 Å². The Kier molecular flexibility index (Phi) is 4.51. The zero-order valence-corrected chi connectivity index (χ0v) is 14.7. The van der Waals surface area contributed by atoms with E-state index >= 15 is 0 Å². The van der Waals surface area contributed by atoms with E-state index in [1.807, 2.05) is 32.9 Å². The molecular formula is C18H20O5S. The molecule has 5 nitrogen and oxygen atoms in total. The second kappa shape index (κ2) is 6.45. The molecule has 0 saturated heterocycles. The Labute approximate surface area is 142 Å². The fourth-order valence-electron chi connectivity index (χ4n) is 2.60. The zero-order valence-electron chi connectivity index (χ0n) is 13.9. The van der Waals surface area contributed by atoms with E-state index in [2.05, 4.69) is 0 Å². The van der Waals surface area contributed by atoms with Crippen molar-refractivity contribution in [3.8, 4) is 11.5 Å². The second-order valence-corrected chi connectivity index (χ2v) is 7.63. The van der Waals surface area contributed by atoms with E-state index in [0.717, 1.165) is 16.7 Å². The van der Waals surface area contributed by atoms with Crippen molar-refractivity contribution in [2.24, 2.45) is 0 Å². The lowest BCUT2D eigenvalue weighted by Gasteiger charge is -2.27. The molecule has 0 aromatic heterocycles. The average Bonchev–Trinajstić information content (AvgIpc) is 2.53. The van der Waals surface area contributed by atoms with Gasteiger partial charge in [-0.3, -0.25) is 4.18 Å². The Balaban J connectivity index is 1.68. The summed E-state index contributed by atoms with van der Waals surface area (Å²) in [5.74, 6) is 1.33. The molecule has 0 fully saturated rings. The van der Waals surface area contributed by atoms with Crippen LogP contribution in [0.3, 0.4) is 0 Å². The Morgan fingerprint density at radius 2 is 1.79 bits per heavy atom. The first-order valence-electron chi connectivity index (χ1n) is 7.72. The van der Waals surface area contributed by atoms with Crippen molar-refractivity contribution in [2.75, 3.05) is 13.2 Å². The van der Waals surface area contributed by atoms with E-state index in [-0.39, 0.29) is 18.1 Å². The Morgan fingerprint density at radius 1 is 1.08 bits per heavy atom. The monoisotopic (exact) mass is 348 g/mol. The molecule has 1 unspecified atom stereocenters. The van der Waals surface area contributed by atoms with Gasteiger partial charge >= 0.3 is 0 Å². The van der Waals surface area contributed by atoms with Gasteiger partial charge in [-0.15, -0.1) is 0 Å². The minimum atomic E-state index is -3.81. The van der Waals surface area contributed by atoms with E-state index in [9.17, 15) is 8.42 Å². The molecule has 0 bridgehead atoms. The van der Waals surface area contributed by atoms with Crippen LogP contribution < -0.4 is 9.47 Å². The van der Waals surface area contributed by atoms with Gasteiger partial charge in [-0.2, -0.15) is 8.42 Å². The summed E-state index contributed by atoms with van der Waals surface area (Å²) in [6.45, 7) is 5.97. The van der Waals surface area contributed by atoms with Crippen molar-refractivity contribution in [1.29, 1.82) is 0 Å². The van der Waals surface area contributed by atoms with Crippen molar-refractivity contribution in [3.63, 3.8) is 0 Å². The van der Waals surface area contributed by atoms with Crippen LogP contribution in [0, 0.1) is 20.8 Å². The second-order valence-electron chi connectivity index (χ2n) is 6.01. The molecular weight excluding hydrogens is 328 g/mol. The fourth-order valence-corrected chi connectivity index (χ4v) is 3.53. The number of rotatable bonds is 4. The highest BCUT2D eigenvalue weighted by molar-refractivity contribution is 7.86. The highest BCUT2D eigenvalue weighted by Crippen LogP contribution is 2.36. The quantitative estimate of drug-likeness (QED) is 0.794. The topological polar surface area (TPSA) is 61.8 Å². The standard InChI is InChI=1S/C18H20O5S/c1-12-4-6-16(7-5-12)24(19,20)22-11-15-10-21-18-14(3)8-13(2)9-17(18)23-15/h4-9,15H,10-11H2,1-3H3. The van der Waals surface area contributed by atoms with E-state index in [0.29, 0.717) is 11.5 Å². The summed E-state index contributed by atoms with van der Waals surface area (Å²) in [7, 11) is -3.81.